The summed E-state index contributed by atoms with van der Waals surface area (Å²) in [7, 11) is 0. The van der Waals surface area contributed by atoms with Crippen molar-refractivity contribution in [3.05, 3.63) is 12.2 Å². The van der Waals surface area contributed by atoms with Crippen molar-refractivity contribution in [1.29, 1.82) is 0 Å². The van der Waals surface area contributed by atoms with E-state index in [0.717, 1.165) is 51.4 Å². The van der Waals surface area contributed by atoms with Crippen molar-refractivity contribution in [3.8, 4) is 0 Å². The van der Waals surface area contributed by atoms with E-state index in [1.807, 2.05) is 0 Å². The molecule has 0 aliphatic heterocycles. The number of carbonyl (C=O) groups excluding carboxylic acids is 2. The molecule has 0 aromatic rings. The Morgan fingerprint density at radius 1 is 0.458 bits per heavy atom. The Balaban J connectivity index is 3.41. The standard InChI is InChI=1S/C53H103NO5/c1-3-5-7-9-11-13-15-16-17-20-23-27-31-35-39-43-47-53(58)59-48-44-40-36-32-28-24-21-18-19-22-26-30-34-38-42-46-52(57)54-50(49-55)51(56)45-41-37-33-29-25-14-12-10-8-6-4-2/h17,20,50-51,55-56H,3-16,18-19,21-49H2,1-2H3,(H,54,57)/b20-17-. The van der Waals surface area contributed by atoms with Crippen molar-refractivity contribution >= 4 is 11.9 Å². The van der Waals surface area contributed by atoms with Crippen molar-refractivity contribution in [3.63, 3.8) is 0 Å². The molecule has 350 valence electrons. The third-order valence-corrected chi connectivity index (χ3v) is 12.3. The summed E-state index contributed by atoms with van der Waals surface area (Å²) in [4.78, 5) is 24.5. The van der Waals surface area contributed by atoms with E-state index >= 15 is 0 Å². The molecule has 0 aliphatic carbocycles. The van der Waals surface area contributed by atoms with Crippen molar-refractivity contribution in [2.45, 2.75) is 302 Å². The quantitative estimate of drug-likeness (QED) is 0.0322. The lowest BCUT2D eigenvalue weighted by Gasteiger charge is -2.22. The number of unbranched alkanes of at least 4 members (excludes halogenated alkanes) is 36. The summed E-state index contributed by atoms with van der Waals surface area (Å²) in [6.45, 7) is 4.92. The SMILES string of the molecule is CCCCCCCCC/C=C\CCCCCCCC(=O)OCCCCCCCCCCCCCCCCCC(=O)NC(CO)C(O)CCCCCCCCCCCCC. The molecule has 0 saturated heterocycles. The van der Waals surface area contributed by atoms with Gasteiger partial charge in [-0.3, -0.25) is 9.59 Å². The topological polar surface area (TPSA) is 95.9 Å². The predicted octanol–water partition coefficient (Wildman–Crippen LogP) is 15.7. The van der Waals surface area contributed by atoms with Gasteiger partial charge >= 0.3 is 5.97 Å². The van der Waals surface area contributed by atoms with Crippen molar-refractivity contribution in [2.75, 3.05) is 13.2 Å². The Bertz CT molecular complexity index is 878. The maximum atomic E-state index is 12.4. The van der Waals surface area contributed by atoms with E-state index in [9.17, 15) is 19.8 Å². The Kier molecular flexibility index (Phi) is 48.1. The monoisotopic (exact) mass is 834 g/mol. The number of aliphatic hydroxyl groups excluding tert-OH is 2. The molecule has 0 heterocycles. The van der Waals surface area contributed by atoms with Crippen LogP contribution in [-0.2, 0) is 14.3 Å². The molecule has 0 bridgehead atoms. The van der Waals surface area contributed by atoms with Crippen LogP contribution < -0.4 is 5.32 Å². The number of aliphatic hydroxyl groups is 2. The molecule has 0 saturated carbocycles. The fraction of sp³-hybridized carbons (Fsp3) is 0.925. The number of hydrogen-bond acceptors (Lipinski definition) is 5. The first kappa shape index (κ1) is 57.6. The fourth-order valence-corrected chi connectivity index (χ4v) is 8.22. The Labute approximate surface area is 368 Å². The Morgan fingerprint density at radius 3 is 1.20 bits per heavy atom. The van der Waals surface area contributed by atoms with Crippen molar-refractivity contribution in [1.82, 2.24) is 5.32 Å². The van der Waals surface area contributed by atoms with Gasteiger partial charge in [0, 0.05) is 12.8 Å². The van der Waals surface area contributed by atoms with Crippen LogP contribution in [0.1, 0.15) is 290 Å². The van der Waals surface area contributed by atoms with E-state index in [1.165, 1.54) is 205 Å². The minimum Gasteiger partial charge on any atom is -0.466 e. The summed E-state index contributed by atoms with van der Waals surface area (Å²) in [5.41, 5.74) is 0. The molecule has 6 nitrogen and oxygen atoms in total. The third kappa shape index (κ3) is 45.9. The third-order valence-electron chi connectivity index (χ3n) is 12.3. The molecule has 3 N–H and O–H groups in total. The zero-order chi connectivity index (χ0) is 43.0. The zero-order valence-electron chi connectivity index (χ0n) is 39.7. The average molecular weight is 834 g/mol. The lowest BCUT2D eigenvalue weighted by molar-refractivity contribution is -0.143. The van der Waals surface area contributed by atoms with E-state index in [1.54, 1.807) is 0 Å². The normalized spacial score (nSPS) is 12.7. The van der Waals surface area contributed by atoms with E-state index in [-0.39, 0.29) is 18.5 Å². The van der Waals surface area contributed by atoms with E-state index < -0.39 is 12.1 Å². The molecule has 0 spiro atoms. The molecule has 0 aromatic carbocycles. The molecule has 0 rings (SSSR count). The fourth-order valence-electron chi connectivity index (χ4n) is 8.22. The summed E-state index contributed by atoms with van der Waals surface area (Å²) >= 11 is 0. The highest BCUT2D eigenvalue weighted by atomic mass is 16.5. The van der Waals surface area contributed by atoms with Crippen LogP contribution in [0.25, 0.3) is 0 Å². The van der Waals surface area contributed by atoms with E-state index in [2.05, 4.69) is 31.3 Å². The van der Waals surface area contributed by atoms with Gasteiger partial charge < -0.3 is 20.3 Å². The largest absolute Gasteiger partial charge is 0.466 e. The molecule has 0 fully saturated rings. The minimum atomic E-state index is -0.668. The summed E-state index contributed by atoms with van der Waals surface area (Å²) in [6, 6.07) is -0.546. The molecule has 2 atom stereocenters. The van der Waals surface area contributed by atoms with Gasteiger partial charge in [-0.1, -0.05) is 238 Å². The van der Waals surface area contributed by atoms with Crippen LogP contribution in [0.15, 0.2) is 12.2 Å². The van der Waals surface area contributed by atoms with Gasteiger partial charge in [-0.2, -0.15) is 0 Å². The van der Waals surface area contributed by atoms with Crippen LogP contribution >= 0.6 is 0 Å². The van der Waals surface area contributed by atoms with Crippen LogP contribution in [0.3, 0.4) is 0 Å². The second-order valence-electron chi connectivity index (χ2n) is 18.2. The highest BCUT2D eigenvalue weighted by molar-refractivity contribution is 5.76. The summed E-state index contributed by atoms with van der Waals surface area (Å²) in [5, 5.41) is 23.1. The molecule has 6 heteroatoms. The number of esters is 1. The smallest absolute Gasteiger partial charge is 0.305 e. The number of rotatable bonds is 49. The summed E-state index contributed by atoms with van der Waals surface area (Å²) in [6.07, 6.45) is 56.1. The second-order valence-corrected chi connectivity index (χ2v) is 18.2. The van der Waals surface area contributed by atoms with Crippen molar-refractivity contribution in [2.24, 2.45) is 0 Å². The van der Waals surface area contributed by atoms with E-state index in [4.69, 9.17) is 4.74 Å². The highest BCUT2D eigenvalue weighted by Gasteiger charge is 2.20. The van der Waals surface area contributed by atoms with Gasteiger partial charge in [-0.15, -0.1) is 0 Å². The maximum Gasteiger partial charge on any atom is 0.305 e. The van der Waals surface area contributed by atoms with Crippen LogP contribution in [0.4, 0.5) is 0 Å². The lowest BCUT2D eigenvalue weighted by atomic mass is 10.0. The molecule has 59 heavy (non-hydrogen) atoms. The van der Waals surface area contributed by atoms with Crippen LogP contribution in [0, 0.1) is 0 Å². The number of amides is 1. The van der Waals surface area contributed by atoms with Gasteiger partial charge in [-0.05, 0) is 51.4 Å². The molecule has 0 aliphatic rings. The number of hydrogen-bond donors (Lipinski definition) is 3. The van der Waals surface area contributed by atoms with Gasteiger partial charge in [0.15, 0.2) is 0 Å². The van der Waals surface area contributed by atoms with Gasteiger partial charge in [0.2, 0.25) is 5.91 Å². The lowest BCUT2D eigenvalue weighted by Crippen LogP contribution is -2.45. The molecular formula is C53H103NO5. The van der Waals surface area contributed by atoms with Gasteiger partial charge in [0.1, 0.15) is 0 Å². The summed E-state index contributed by atoms with van der Waals surface area (Å²) < 4.78 is 5.47. The highest BCUT2D eigenvalue weighted by Crippen LogP contribution is 2.16. The average Bonchev–Trinajstić information content (AvgIpc) is 3.24. The number of nitrogens with one attached hydrogen (secondary N) is 1. The number of allylic oxidation sites excluding steroid dienone is 2. The van der Waals surface area contributed by atoms with Gasteiger partial charge in [0.25, 0.3) is 0 Å². The van der Waals surface area contributed by atoms with Crippen LogP contribution in [0.2, 0.25) is 0 Å². The minimum absolute atomic E-state index is 0.00659. The number of ether oxygens (including phenoxy) is 1. The first-order chi connectivity index (χ1) is 29.0. The summed E-state index contributed by atoms with van der Waals surface area (Å²) in [5.74, 6) is -0.0508. The van der Waals surface area contributed by atoms with Gasteiger partial charge in [-0.25, -0.2) is 0 Å². The predicted molar refractivity (Wildman–Crippen MR) is 255 cm³/mol. The molecule has 2 unspecified atom stereocenters. The van der Waals surface area contributed by atoms with Crippen molar-refractivity contribution < 1.29 is 24.5 Å². The molecule has 0 aromatic heterocycles. The van der Waals surface area contributed by atoms with E-state index in [0.29, 0.717) is 25.9 Å². The maximum absolute atomic E-state index is 12.4. The van der Waals surface area contributed by atoms with Crippen LogP contribution in [-0.4, -0.2) is 47.4 Å². The molecular weight excluding hydrogens is 731 g/mol. The Morgan fingerprint density at radius 2 is 0.797 bits per heavy atom. The first-order valence-electron chi connectivity index (χ1n) is 26.4. The van der Waals surface area contributed by atoms with Crippen LogP contribution in [0.5, 0.6) is 0 Å². The molecule has 0 radical (unpaired) electrons. The Hall–Kier alpha value is -1.40. The zero-order valence-corrected chi connectivity index (χ0v) is 39.7. The van der Waals surface area contributed by atoms with Gasteiger partial charge in [0.05, 0.1) is 25.4 Å². The number of carbonyl (C=O) groups is 2. The molecule has 1 amide bonds. The first-order valence-corrected chi connectivity index (χ1v) is 26.4. The second kappa shape index (κ2) is 49.3.